The smallest absolute Gasteiger partial charge is 0.240 e. The number of aryl methyl sites for hydroxylation is 2. The lowest BCUT2D eigenvalue weighted by Gasteiger charge is -1.86. The molecule has 49 valence electrons. The van der Waals surface area contributed by atoms with E-state index in [1.54, 1.807) is 0 Å². The van der Waals surface area contributed by atoms with Gasteiger partial charge in [-0.05, 0) is 13.3 Å². The molecular weight excluding hydrogens is 112 g/mol. The minimum atomic E-state index is 0.953. The molecule has 0 atom stereocenters. The fraction of sp³-hybridized carbons (Fsp3) is 0.429. The van der Waals surface area contributed by atoms with Gasteiger partial charge in [0.15, 0.2) is 0 Å². The van der Waals surface area contributed by atoms with E-state index in [0.717, 1.165) is 13.0 Å². The van der Waals surface area contributed by atoms with E-state index >= 15 is 0 Å². The van der Waals surface area contributed by atoms with Gasteiger partial charge < -0.3 is 0 Å². The third kappa shape index (κ3) is 1.56. The maximum absolute atomic E-state index is 3.76. The second kappa shape index (κ2) is 2.67. The molecule has 2 heteroatoms. The summed E-state index contributed by atoms with van der Waals surface area (Å²) in [5, 5.41) is 0. The molecule has 2 nitrogen and oxygen atoms in total. The maximum Gasteiger partial charge on any atom is 0.243 e. The first-order chi connectivity index (χ1) is 4.33. The second-order valence-corrected chi connectivity index (χ2v) is 2.17. The molecule has 1 rings (SSSR count). The molecule has 0 spiro atoms. The summed E-state index contributed by atoms with van der Waals surface area (Å²) in [6.45, 7) is 4.77. The van der Waals surface area contributed by atoms with Crippen molar-refractivity contribution in [2.45, 2.75) is 13.0 Å². The van der Waals surface area contributed by atoms with Gasteiger partial charge >= 0.3 is 0 Å². The predicted octanol–water partition coefficient (Wildman–Crippen LogP) is 0.537. The molecule has 0 saturated carbocycles. The van der Waals surface area contributed by atoms with Gasteiger partial charge in [0.1, 0.15) is 12.4 Å². The first-order valence-corrected chi connectivity index (χ1v) is 3.13. The van der Waals surface area contributed by atoms with E-state index in [9.17, 15) is 0 Å². The summed E-state index contributed by atoms with van der Waals surface area (Å²) >= 11 is 0. The van der Waals surface area contributed by atoms with Gasteiger partial charge in [-0.3, -0.25) is 0 Å². The van der Waals surface area contributed by atoms with Gasteiger partial charge in [-0.15, -0.1) is 0 Å². The average molecular weight is 124 g/mol. The normalized spacial score (nSPS) is 10.0. The molecule has 1 radical (unpaired) electrons. The summed E-state index contributed by atoms with van der Waals surface area (Å²) in [4.78, 5) is 0. The van der Waals surface area contributed by atoms with E-state index in [0.29, 0.717) is 0 Å². The molecule has 0 aliphatic carbocycles. The number of hydrogen-bond acceptors (Lipinski definition) is 0. The van der Waals surface area contributed by atoms with Crippen molar-refractivity contribution >= 4 is 0 Å². The molecule has 0 bridgehead atoms. The summed E-state index contributed by atoms with van der Waals surface area (Å²) in [7, 11) is 2.01. The maximum atomic E-state index is 3.76. The van der Waals surface area contributed by atoms with Crippen LogP contribution in [0.3, 0.4) is 0 Å². The Balaban J connectivity index is 2.61. The Kier molecular flexibility index (Phi) is 1.88. The number of aromatic nitrogens is 2. The van der Waals surface area contributed by atoms with Gasteiger partial charge in [-0.2, -0.15) is 0 Å². The Hall–Kier alpha value is -0.790. The van der Waals surface area contributed by atoms with Crippen LogP contribution in [0.1, 0.15) is 6.42 Å². The van der Waals surface area contributed by atoms with Gasteiger partial charge in [0, 0.05) is 0 Å². The molecule has 9 heavy (non-hydrogen) atoms. The van der Waals surface area contributed by atoms with Crippen molar-refractivity contribution in [2.75, 3.05) is 0 Å². The van der Waals surface area contributed by atoms with E-state index in [2.05, 4.69) is 11.5 Å². The van der Waals surface area contributed by atoms with Gasteiger partial charge in [0.25, 0.3) is 0 Å². The average Bonchev–Trinajstić information content (AvgIpc) is 2.17. The second-order valence-electron chi connectivity index (χ2n) is 2.17. The first kappa shape index (κ1) is 6.33. The molecule has 0 fully saturated rings. The monoisotopic (exact) mass is 124 g/mol. The molecule has 1 heterocycles. The van der Waals surface area contributed by atoms with E-state index in [4.69, 9.17) is 0 Å². The quantitative estimate of drug-likeness (QED) is 0.509. The van der Waals surface area contributed by atoms with Crippen LogP contribution in [-0.4, -0.2) is 4.57 Å². The SMILES string of the molecule is [CH2]CC[n+]1ccn(C)c1. The Bertz CT molecular complexity index is 179. The number of rotatable bonds is 2. The van der Waals surface area contributed by atoms with Crippen molar-refractivity contribution in [2.24, 2.45) is 7.05 Å². The molecule has 0 amide bonds. The Morgan fingerprint density at radius 3 is 2.89 bits per heavy atom. The highest BCUT2D eigenvalue weighted by molar-refractivity contribution is 4.61. The lowest BCUT2D eigenvalue weighted by Crippen LogP contribution is -2.30. The van der Waals surface area contributed by atoms with Crippen LogP contribution < -0.4 is 4.57 Å². The van der Waals surface area contributed by atoms with Gasteiger partial charge in [0.2, 0.25) is 6.33 Å². The number of imidazole rings is 1. The molecule has 1 aromatic heterocycles. The molecule has 0 N–H and O–H groups in total. The van der Waals surface area contributed by atoms with Crippen LogP contribution in [0.25, 0.3) is 0 Å². The van der Waals surface area contributed by atoms with Crippen molar-refractivity contribution in [3.63, 3.8) is 0 Å². The topological polar surface area (TPSA) is 8.81 Å². The lowest BCUT2D eigenvalue weighted by molar-refractivity contribution is -0.695. The summed E-state index contributed by atoms with van der Waals surface area (Å²) in [6, 6.07) is 0. The van der Waals surface area contributed by atoms with Crippen molar-refractivity contribution in [3.8, 4) is 0 Å². The minimum Gasteiger partial charge on any atom is -0.240 e. The third-order valence-corrected chi connectivity index (χ3v) is 1.24. The molecule has 0 aromatic carbocycles. The van der Waals surface area contributed by atoms with E-state index in [1.807, 2.05) is 30.3 Å². The van der Waals surface area contributed by atoms with Crippen LogP contribution >= 0.6 is 0 Å². The van der Waals surface area contributed by atoms with E-state index < -0.39 is 0 Å². The van der Waals surface area contributed by atoms with Crippen molar-refractivity contribution < 1.29 is 4.57 Å². The minimum absolute atomic E-state index is 0.953. The zero-order valence-electron chi connectivity index (χ0n) is 5.75. The Labute approximate surface area is 55.7 Å². The Morgan fingerprint density at radius 2 is 2.44 bits per heavy atom. The molecule has 0 aliphatic rings. The van der Waals surface area contributed by atoms with Gasteiger partial charge in [-0.25, -0.2) is 9.13 Å². The van der Waals surface area contributed by atoms with Gasteiger partial charge in [0.05, 0.1) is 13.6 Å². The van der Waals surface area contributed by atoms with E-state index in [1.165, 1.54) is 0 Å². The summed E-state index contributed by atoms with van der Waals surface area (Å²) < 4.78 is 4.14. The van der Waals surface area contributed by atoms with Crippen LogP contribution in [0.15, 0.2) is 18.7 Å². The fourth-order valence-corrected chi connectivity index (χ4v) is 0.817. The highest BCUT2D eigenvalue weighted by Gasteiger charge is 1.94. The Morgan fingerprint density at radius 1 is 1.67 bits per heavy atom. The summed E-state index contributed by atoms with van der Waals surface area (Å²) in [6.07, 6.45) is 7.07. The number of hydrogen-bond donors (Lipinski definition) is 0. The molecule has 0 saturated heterocycles. The standard InChI is InChI=1S/C7H12N2/c1-3-4-9-6-5-8(2)7-9/h5-7H,1,3-4H2,2H3/q+1. The lowest BCUT2D eigenvalue weighted by atomic mass is 10.5. The van der Waals surface area contributed by atoms with Crippen LogP contribution in [0.4, 0.5) is 0 Å². The van der Waals surface area contributed by atoms with Crippen LogP contribution in [-0.2, 0) is 13.6 Å². The van der Waals surface area contributed by atoms with E-state index in [-0.39, 0.29) is 0 Å². The number of nitrogens with zero attached hydrogens (tertiary/aromatic N) is 2. The molecule has 1 aromatic rings. The van der Waals surface area contributed by atoms with Crippen LogP contribution in [0, 0.1) is 6.92 Å². The van der Waals surface area contributed by atoms with Crippen molar-refractivity contribution in [3.05, 3.63) is 25.6 Å². The van der Waals surface area contributed by atoms with Crippen LogP contribution in [0.2, 0.25) is 0 Å². The highest BCUT2D eigenvalue weighted by atomic mass is 15.1. The predicted molar refractivity (Wildman–Crippen MR) is 35.6 cm³/mol. The molecule has 0 unspecified atom stereocenters. The first-order valence-electron chi connectivity index (χ1n) is 3.13. The van der Waals surface area contributed by atoms with Crippen LogP contribution in [0.5, 0.6) is 0 Å². The zero-order valence-corrected chi connectivity index (χ0v) is 5.75. The summed E-state index contributed by atoms with van der Waals surface area (Å²) in [5.74, 6) is 0. The summed E-state index contributed by atoms with van der Waals surface area (Å²) in [5.41, 5.74) is 0. The van der Waals surface area contributed by atoms with Gasteiger partial charge in [-0.1, -0.05) is 0 Å². The highest BCUT2D eigenvalue weighted by Crippen LogP contribution is 1.78. The largest absolute Gasteiger partial charge is 0.243 e. The third-order valence-electron chi connectivity index (χ3n) is 1.24. The zero-order chi connectivity index (χ0) is 6.69. The molecule has 0 aliphatic heterocycles. The molecular formula is C7H12N2+. The van der Waals surface area contributed by atoms with Crippen molar-refractivity contribution in [1.29, 1.82) is 0 Å². The van der Waals surface area contributed by atoms with Crippen molar-refractivity contribution in [1.82, 2.24) is 4.57 Å². The fourth-order valence-electron chi connectivity index (χ4n) is 0.817.